The van der Waals surface area contributed by atoms with Gasteiger partial charge in [0.2, 0.25) is 0 Å². The Morgan fingerprint density at radius 2 is 1.79 bits per heavy atom. The SMILES string of the molecule is Cc1cc2c(cc1CNC(=O)COc1ccccc1C)OCCO2. The van der Waals surface area contributed by atoms with E-state index in [2.05, 4.69) is 5.32 Å². The molecule has 0 aromatic heterocycles. The van der Waals surface area contributed by atoms with Crippen LogP contribution in [0.15, 0.2) is 36.4 Å². The van der Waals surface area contributed by atoms with Gasteiger partial charge in [-0.15, -0.1) is 0 Å². The molecule has 0 fully saturated rings. The molecule has 2 aromatic carbocycles. The minimum absolute atomic E-state index is 0.00550. The zero-order chi connectivity index (χ0) is 16.9. The smallest absolute Gasteiger partial charge is 0.258 e. The van der Waals surface area contributed by atoms with Crippen LogP contribution in [-0.4, -0.2) is 25.7 Å². The van der Waals surface area contributed by atoms with Gasteiger partial charge in [0.25, 0.3) is 5.91 Å². The molecule has 1 N–H and O–H groups in total. The highest BCUT2D eigenvalue weighted by molar-refractivity contribution is 5.77. The van der Waals surface area contributed by atoms with Crippen molar-refractivity contribution >= 4 is 5.91 Å². The molecule has 0 unspecified atom stereocenters. The summed E-state index contributed by atoms with van der Waals surface area (Å²) < 4.78 is 16.7. The fourth-order valence-electron chi connectivity index (χ4n) is 2.53. The average molecular weight is 327 g/mol. The van der Waals surface area contributed by atoms with E-state index >= 15 is 0 Å². The Balaban J connectivity index is 1.55. The van der Waals surface area contributed by atoms with Crippen molar-refractivity contribution in [2.45, 2.75) is 20.4 Å². The molecule has 1 heterocycles. The van der Waals surface area contributed by atoms with Crippen LogP contribution in [0.25, 0.3) is 0 Å². The zero-order valence-electron chi connectivity index (χ0n) is 13.9. The zero-order valence-corrected chi connectivity index (χ0v) is 13.9. The third kappa shape index (κ3) is 3.79. The fourth-order valence-corrected chi connectivity index (χ4v) is 2.53. The van der Waals surface area contributed by atoms with Crippen molar-refractivity contribution < 1.29 is 19.0 Å². The van der Waals surface area contributed by atoms with Gasteiger partial charge in [-0.1, -0.05) is 18.2 Å². The Labute approximate surface area is 141 Å². The lowest BCUT2D eigenvalue weighted by atomic mass is 10.1. The van der Waals surface area contributed by atoms with Gasteiger partial charge in [-0.25, -0.2) is 0 Å². The van der Waals surface area contributed by atoms with Crippen molar-refractivity contribution in [1.82, 2.24) is 5.32 Å². The standard InChI is InChI=1S/C19H21NO4/c1-13-5-3-4-6-16(13)24-12-19(21)20-11-15-10-18-17(9-14(15)2)22-7-8-23-18/h3-6,9-10H,7-8,11-12H2,1-2H3,(H,20,21). The van der Waals surface area contributed by atoms with E-state index in [1.165, 1.54) is 0 Å². The normalized spacial score (nSPS) is 12.6. The van der Waals surface area contributed by atoms with E-state index in [1.54, 1.807) is 0 Å². The second-order valence-corrected chi connectivity index (χ2v) is 5.75. The first-order valence-corrected chi connectivity index (χ1v) is 7.98. The van der Waals surface area contributed by atoms with E-state index in [0.29, 0.717) is 19.8 Å². The highest BCUT2D eigenvalue weighted by Crippen LogP contribution is 2.32. The number of carbonyl (C=O) groups is 1. The summed E-state index contributed by atoms with van der Waals surface area (Å²) in [4.78, 5) is 12.0. The minimum Gasteiger partial charge on any atom is -0.486 e. The largest absolute Gasteiger partial charge is 0.486 e. The maximum Gasteiger partial charge on any atom is 0.258 e. The average Bonchev–Trinajstić information content (AvgIpc) is 2.59. The van der Waals surface area contributed by atoms with E-state index in [0.717, 1.165) is 33.9 Å². The topological polar surface area (TPSA) is 56.8 Å². The van der Waals surface area contributed by atoms with Crippen molar-refractivity contribution in [3.63, 3.8) is 0 Å². The molecule has 0 saturated heterocycles. The van der Waals surface area contributed by atoms with Crippen LogP contribution in [0.2, 0.25) is 0 Å². The third-order valence-corrected chi connectivity index (χ3v) is 3.93. The summed E-state index contributed by atoms with van der Waals surface area (Å²) in [6.45, 7) is 5.48. The summed E-state index contributed by atoms with van der Waals surface area (Å²) in [6.07, 6.45) is 0. The number of ether oxygens (including phenoxy) is 3. The van der Waals surface area contributed by atoms with E-state index in [1.807, 2.05) is 50.2 Å². The Kier molecular flexibility index (Phi) is 4.89. The molecular weight excluding hydrogens is 306 g/mol. The Morgan fingerprint density at radius 1 is 1.08 bits per heavy atom. The highest BCUT2D eigenvalue weighted by atomic mass is 16.6. The summed E-state index contributed by atoms with van der Waals surface area (Å²) in [7, 11) is 0. The van der Waals surface area contributed by atoms with Crippen LogP contribution in [-0.2, 0) is 11.3 Å². The van der Waals surface area contributed by atoms with Crippen LogP contribution in [0, 0.1) is 13.8 Å². The second-order valence-electron chi connectivity index (χ2n) is 5.75. The van der Waals surface area contributed by atoms with Crippen molar-refractivity contribution in [3.8, 4) is 17.2 Å². The monoisotopic (exact) mass is 327 g/mol. The molecule has 3 rings (SSSR count). The number of aryl methyl sites for hydroxylation is 2. The number of fused-ring (bicyclic) bond motifs is 1. The van der Waals surface area contributed by atoms with Gasteiger partial charge in [0.1, 0.15) is 19.0 Å². The quantitative estimate of drug-likeness (QED) is 0.917. The first-order chi connectivity index (χ1) is 11.6. The van der Waals surface area contributed by atoms with Gasteiger partial charge in [-0.3, -0.25) is 4.79 Å². The van der Waals surface area contributed by atoms with Crippen LogP contribution >= 0.6 is 0 Å². The fraction of sp³-hybridized carbons (Fsp3) is 0.316. The maximum absolute atomic E-state index is 12.0. The van der Waals surface area contributed by atoms with Crippen molar-refractivity contribution in [2.75, 3.05) is 19.8 Å². The molecule has 126 valence electrons. The number of benzene rings is 2. The molecule has 1 aliphatic rings. The number of nitrogens with one attached hydrogen (secondary N) is 1. The first kappa shape index (κ1) is 16.2. The number of para-hydroxylation sites is 1. The third-order valence-electron chi connectivity index (χ3n) is 3.93. The summed E-state index contributed by atoms with van der Waals surface area (Å²) in [5.41, 5.74) is 3.07. The molecule has 2 aromatic rings. The number of rotatable bonds is 5. The lowest BCUT2D eigenvalue weighted by Gasteiger charge is -2.20. The molecule has 0 spiro atoms. The molecule has 0 bridgehead atoms. The van der Waals surface area contributed by atoms with Gasteiger partial charge >= 0.3 is 0 Å². The van der Waals surface area contributed by atoms with Crippen LogP contribution < -0.4 is 19.5 Å². The highest BCUT2D eigenvalue weighted by Gasteiger charge is 2.14. The Morgan fingerprint density at radius 3 is 2.54 bits per heavy atom. The number of amides is 1. The summed E-state index contributed by atoms with van der Waals surface area (Å²) in [6, 6.07) is 11.5. The van der Waals surface area contributed by atoms with E-state index in [4.69, 9.17) is 14.2 Å². The van der Waals surface area contributed by atoms with Crippen LogP contribution in [0.5, 0.6) is 17.2 Å². The minimum atomic E-state index is -0.160. The van der Waals surface area contributed by atoms with Gasteiger partial charge in [0, 0.05) is 6.54 Å². The van der Waals surface area contributed by atoms with E-state index < -0.39 is 0 Å². The van der Waals surface area contributed by atoms with Crippen LogP contribution in [0.3, 0.4) is 0 Å². The molecule has 0 aliphatic carbocycles. The molecule has 0 atom stereocenters. The summed E-state index contributed by atoms with van der Waals surface area (Å²) in [5.74, 6) is 2.06. The molecular formula is C19H21NO4. The molecule has 0 saturated carbocycles. The number of carbonyl (C=O) groups excluding carboxylic acids is 1. The van der Waals surface area contributed by atoms with Gasteiger partial charge in [-0.05, 0) is 48.7 Å². The molecule has 0 radical (unpaired) electrons. The Bertz CT molecular complexity index is 742. The predicted octanol–water partition coefficient (Wildman–Crippen LogP) is 2.77. The molecule has 1 aliphatic heterocycles. The van der Waals surface area contributed by atoms with E-state index in [9.17, 15) is 4.79 Å². The van der Waals surface area contributed by atoms with Crippen LogP contribution in [0.1, 0.15) is 16.7 Å². The summed E-state index contributed by atoms with van der Waals surface area (Å²) >= 11 is 0. The lowest BCUT2D eigenvalue weighted by molar-refractivity contribution is -0.123. The van der Waals surface area contributed by atoms with Gasteiger partial charge in [0.05, 0.1) is 0 Å². The van der Waals surface area contributed by atoms with Gasteiger partial charge in [-0.2, -0.15) is 0 Å². The molecule has 24 heavy (non-hydrogen) atoms. The predicted molar refractivity (Wildman–Crippen MR) is 90.7 cm³/mol. The van der Waals surface area contributed by atoms with Crippen molar-refractivity contribution in [2.24, 2.45) is 0 Å². The lowest BCUT2D eigenvalue weighted by Crippen LogP contribution is -2.29. The maximum atomic E-state index is 12.0. The number of hydrogen-bond donors (Lipinski definition) is 1. The van der Waals surface area contributed by atoms with Gasteiger partial charge in [0.15, 0.2) is 18.1 Å². The molecule has 5 heteroatoms. The van der Waals surface area contributed by atoms with E-state index in [-0.39, 0.29) is 12.5 Å². The van der Waals surface area contributed by atoms with Gasteiger partial charge < -0.3 is 19.5 Å². The van der Waals surface area contributed by atoms with Crippen molar-refractivity contribution in [1.29, 1.82) is 0 Å². The van der Waals surface area contributed by atoms with Crippen molar-refractivity contribution in [3.05, 3.63) is 53.1 Å². The second kappa shape index (κ2) is 7.25. The summed E-state index contributed by atoms with van der Waals surface area (Å²) in [5, 5.41) is 2.88. The molecule has 5 nitrogen and oxygen atoms in total. The first-order valence-electron chi connectivity index (χ1n) is 7.98. The number of hydrogen-bond acceptors (Lipinski definition) is 4. The van der Waals surface area contributed by atoms with Crippen LogP contribution in [0.4, 0.5) is 0 Å². The Hall–Kier alpha value is -2.69. The molecule has 1 amide bonds.